The lowest BCUT2D eigenvalue weighted by Crippen LogP contribution is -2.32. The Kier molecular flexibility index (Phi) is 7.09. The Balaban J connectivity index is 1.73. The molecule has 4 aromatic rings. The smallest absolute Gasteiger partial charge is 0.282 e. The molecule has 1 aromatic heterocycles. The molecule has 0 fully saturated rings. The number of carbonyl (C=O) groups is 1. The second-order valence-electron chi connectivity index (χ2n) is 8.25. The number of nitrogens with zero attached hydrogens (tertiary/aromatic N) is 3. The molecule has 0 aliphatic heterocycles. The third kappa shape index (κ3) is 5.40. The van der Waals surface area contributed by atoms with Gasteiger partial charge in [-0.15, -0.1) is 0 Å². The number of nitrogens with one attached hydrogen (secondary N) is 2. The first-order valence-corrected chi connectivity index (χ1v) is 12.7. The molecule has 0 saturated carbocycles. The zero-order valence-corrected chi connectivity index (χ0v) is 20.8. The van der Waals surface area contributed by atoms with Crippen LogP contribution in [0.15, 0.2) is 87.6 Å². The van der Waals surface area contributed by atoms with E-state index in [2.05, 4.69) is 20.1 Å². The number of hydrogen-bond acceptors (Lipinski definition) is 6. The maximum Gasteiger partial charge on any atom is 0.282 e. The summed E-state index contributed by atoms with van der Waals surface area (Å²) in [5.41, 5.74) is 2.29. The van der Waals surface area contributed by atoms with Crippen LogP contribution < -0.4 is 15.6 Å². The Labute approximate surface area is 208 Å². The van der Waals surface area contributed by atoms with Crippen LogP contribution in [-0.2, 0) is 14.8 Å². The van der Waals surface area contributed by atoms with Crippen LogP contribution in [0.2, 0.25) is 0 Å². The van der Waals surface area contributed by atoms with Gasteiger partial charge in [-0.05, 0) is 61.4 Å². The number of amides is 1. The summed E-state index contributed by atoms with van der Waals surface area (Å²) in [5, 5.41) is 7.35. The van der Waals surface area contributed by atoms with Gasteiger partial charge in [-0.1, -0.05) is 36.4 Å². The van der Waals surface area contributed by atoms with Gasteiger partial charge in [0, 0.05) is 12.6 Å². The molecule has 0 saturated heterocycles. The molecular weight excluding hydrogens is 478 g/mol. The number of para-hydroxylation sites is 1. The summed E-state index contributed by atoms with van der Waals surface area (Å²) in [6, 6.07) is 19.3. The van der Waals surface area contributed by atoms with E-state index in [1.165, 1.54) is 31.2 Å². The first kappa shape index (κ1) is 25.0. The van der Waals surface area contributed by atoms with Crippen molar-refractivity contribution < 1.29 is 13.2 Å². The van der Waals surface area contributed by atoms with Crippen molar-refractivity contribution in [3.05, 3.63) is 100 Å². The maximum atomic E-state index is 13.3. The van der Waals surface area contributed by atoms with Crippen molar-refractivity contribution in [2.24, 2.45) is 5.10 Å². The van der Waals surface area contributed by atoms with E-state index in [0.29, 0.717) is 16.6 Å². The molecule has 1 atom stereocenters. The largest absolute Gasteiger partial charge is 0.326 e. The molecule has 9 nitrogen and oxygen atoms in total. The average molecular weight is 504 g/mol. The van der Waals surface area contributed by atoms with Crippen LogP contribution in [0.3, 0.4) is 0 Å². The van der Waals surface area contributed by atoms with Crippen molar-refractivity contribution in [1.82, 2.24) is 14.4 Å². The van der Waals surface area contributed by atoms with Gasteiger partial charge in [0.2, 0.25) is 15.9 Å². The monoisotopic (exact) mass is 503 g/mol. The van der Waals surface area contributed by atoms with Gasteiger partial charge in [-0.25, -0.2) is 18.1 Å². The van der Waals surface area contributed by atoms with E-state index in [9.17, 15) is 18.0 Å². The quantitative estimate of drug-likeness (QED) is 0.373. The van der Waals surface area contributed by atoms with E-state index in [-0.39, 0.29) is 16.6 Å². The number of aryl methyl sites for hydroxylation is 1. The summed E-state index contributed by atoms with van der Waals surface area (Å²) >= 11 is 0. The van der Waals surface area contributed by atoms with E-state index >= 15 is 0 Å². The molecule has 3 aromatic carbocycles. The van der Waals surface area contributed by atoms with Crippen molar-refractivity contribution in [3.63, 3.8) is 0 Å². The summed E-state index contributed by atoms with van der Waals surface area (Å²) in [6.45, 7) is 4.89. The lowest BCUT2D eigenvalue weighted by Gasteiger charge is -2.17. The van der Waals surface area contributed by atoms with Gasteiger partial charge in [0.1, 0.15) is 0 Å². The van der Waals surface area contributed by atoms with Crippen LogP contribution in [0, 0.1) is 6.92 Å². The minimum atomic E-state index is -3.98. The molecule has 10 heteroatoms. The van der Waals surface area contributed by atoms with Gasteiger partial charge < -0.3 is 5.32 Å². The van der Waals surface area contributed by atoms with Crippen molar-refractivity contribution in [1.29, 1.82) is 0 Å². The topological polar surface area (TPSA) is 123 Å². The molecule has 0 bridgehead atoms. The zero-order valence-electron chi connectivity index (χ0n) is 20.0. The fourth-order valence-corrected chi connectivity index (χ4v) is 4.86. The SMILES string of the molecule is CC(=O)Nc1ccc(S(=O)(=O)NC(C)c2nc3ccccc3c(=O)n2/N=C/c2ccccc2C)cc1. The van der Waals surface area contributed by atoms with Crippen molar-refractivity contribution in [2.45, 2.75) is 31.7 Å². The Hall–Kier alpha value is -4.15. The van der Waals surface area contributed by atoms with Crippen LogP contribution >= 0.6 is 0 Å². The summed E-state index contributed by atoms with van der Waals surface area (Å²) in [5.74, 6) is -0.120. The summed E-state index contributed by atoms with van der Waals surface area (Å²) in [4.78, 5) is 29.1. The Morgan fingerprint density at radius 3 is 2.39 bits per heavy atom. The Morgan fingerprint density at radius 1 is 1.03 bits per heavy atom. The second kappa shape index (κ2) is 10.2. The van der Waals surface area contributed by atoms with Crippen molar-refractivity contribution in [2.75, 3.05) is 5.32 Å². The standard InChI is InChI=1S/C26H25N5O4S/c1-17-8-4-5-9-20(17)16-27-31-25(29-24-11-7-6-10-23(24)26(31)33)18(2)30-36(34,35)22-14-12-21(13-15-22)28-19(3)32/h4-16,18,30H,1-3H3,(H,28,32)/b27-16+. The molecule has 1 heterocycles. The highest BCUT2D eigenvalue weighted by Crippen LogP contribution is 2.19. The van der Waals surface area contributed by atoms with Gasteiger partial charge in [-0.3, -0.25) is 9.59 Å². The third-order valence-corrected chi connectivity index (χ3v) is 7.04. The molecule has 1 unspecified atom stereocenters. The van der Waals surface area contributed by atoms with Crippen LogP contribution in [0.4, 0.5) is 5.69 Å². The first-order valence-electron chi connectivity index (χ1n) is 11.2. The molecule has 36 heavy (non-hydrogen) atoms. The molecule has 4 rings (SSSR count). The molecule has 0 aliphatic rings. The molecule has 2 N–H and O–H groups in total. The van der Waals surface area contributed by atoms with E-state index in [1.54, 1.807) is 37.4 Å². The van der Waals surface area contributed by atoms with Gasteiger partial charge in [0.05, 0.1) is 28.1 Å². The molecule has 184 valence electrons. The minimum absolute atomic E-state index is 0.00143. The van der Waals surface area contributed by atoms with Crippen molar-refractivity contribution >= 4 is 38.7 Å². The van der Waals surface area contributed by atoms with Crippen LogP contribution in [-0.4, -0.2) is 30.2 Å². The van der Waals surface area contributed by atoms with E-state index in [4.69, 9.17) is 0 Å². The van der Waals surface area contributed by atoms with E-state index < -0.39 is 21.6 Å². The Bertz CT molecular complexity index is 1630. The maximum absolute atomic E-state index is 13.3. The van der Waals surface area contributed by atoms with Gasteiger partial charge in [-0.2, -0.15) is 9.78 Å². The number of sulfonamides is 1. The Morgan fingerprint density at radius 2 is 1.69 bits per heavy atom. The number of hydrogen-bond donors (Lipinski definition) is 2. The minimum Gasteiger partial charge on any atom is -0.326 e. The molecule has 0 aliphatic carbocycles. The fraction of sp³-hybridized carbons (Fsp3) is 0.154. The van der Waals surface area contributed by atoms with Crippen LogP contribution in [0.1, 0.15) is 36.8 Å². The van der Waals surface area contributed by atoms with Crippen molar-refractivity contribution in [3.8, 4) is 0 Å². The van der Waals surface area contributed by atoms with E-state index in [0.717, 1.165) is 15.8 Å². The van der Waals surface area contributed by atoms with Gasteiger partial charge in [0.25, 0.3) is 5.56 Å². The van der Waals surface area contributed by atoms with Crippen LogP contribution in [0.25, 0.3) is 10.9 Å². The summed E-state index contributed by atoms with van der Waals surface area (Å²) in [6.07, 6.45) is 1.55. The highest BCUT2D eigenvalue weighted by Gasteiger charge is 2.23. The first-order chi connectivity index (χ1) is 17.2. The fourth-order valence-electron chi connectivity index (χ4n) is 3.66. The second-order valence-corrected chi connectivity index (χ2v) is 9.97. The molecule has 1 amide bonds. The van der Waals surface area contributed by atoms with Gasteiger partial charge in [0.15, 0.2) is 5.82 Å². The highest BCUT2D eigenvalue weighted by molar-refractivity contribution is 7.89. The van der Waals surface area contributed by atoms with Crippen LogP contribution in [0.5, 0.6) is 0 Å². The number of benzene rings is 3. The summed E-state index contributed by atoms with van der Waals surface area (Å²) in [7, 11) is -3.98. The third-order valence-electron chi connectivity index (χ3n) is 5.48. The molecule has 0 radical (unpaired) electrons. The lowest BCUT2D eigenvalue weighted by molar-refractivity contribution is -0.114. The van der Waals surface area contributed by atoms with Gasteiger partial charge >= 0.3 is 0 Å². The number of anilines is 1. The number of aromatic nitrogens is 2. The normalized spacial score (nSPS) is 12.6. The molecular formula is C26H25N5O4S. The average Bonchev–Trinajstić information content (AvgIpc) is 2.84. The zero-order chi connectivity index (χ0) is 25.9. The number of fused-ring (bicyclic) bond motifs is 1. The predicted octanol–water partition coefficient (Wildman–Crippen LogP) is 3.59. The highest BCUT2D eigenvalue weighted by atomic mass is 32.2. The molecule has 0 spiro atoms. The predicted molar refractivity (Wildman–Crippen MR) is 140 cm³/mol. The number of carbonyl (C=O) groups excluding carboxylic acids is 1. The summed E-state index contributed by atoms with van der Waals surface area (Å²) < 4.78 is 29.9. The lowest BCUT2D eigenvalue weighted by atomic mass is 10.1. The van der Waals surface area contributed by atoms with E-state index in [1.807, 2.05) is 31.2 Å². The number of rotatable bonds is 7.